The van der Waals surface area contributed by atoms with Crippen molar-refractivity contribution in [1.82, 2.24) is 8.87 Å². The number of benzene rings is 3. The Bertz CT molecular complexity index is 1660. The fourth-order valence-electron chi connectivity index (χ4n) is 4.12. The second-order valence-electron chi connectivity index (χ2n) is 8.09. The maximum absolute atomic E-state index is 13.2. The molecule has 0 atom stereocenters. The Kier molecular flexibility index (Phi) is 6.47. The van der Waals surface area contributed by atoms with Gasteiger partial charge in [0.1, 0.15) is 0 Å². The molecule has 1 aromatic heterocycles. The van der Waals surface area contributed by atoms with E-state index in [0.717, 1.165) is 20.3 Å². The summed E-state index contributed by atoms with van der Waals surface area (Å²) in [5.41, 5.74) is 3.40. The second-order valence-corrected chi connectivity index (χ2v) is 11.9. The van der Waals surface area contributed by atoms with Gasteiger partial charge < -0.3 is 4.57 Å². The Labute approximate surface area is 215 Å². The van der Waals surface area contributed by atoms with Crippen LogP contribution < -0.4 is 4.80 Å². The predicted molar refractivity (Wildman–Crippen MR) is 140 cm³/mol. The second kappa shape index (κ2) is 9.55. The Balaban J connectivity index is 1.42. The molecule has 0 bridgehead atoms. The molecule has 1 aliphatic rings. The van der Waals surface area contributed by atoms with Crippen molar-refractivity contribution in [2.45, 2.75) is 24.4 Å². The Morgan fingerprint density at radius 3 is 2.57 bits per heavy atom. The van der Waals surface area contributed by atoms with Gasteiger partial charge in [-0.15, -0.1) is 6.42 Å². The van der Waals surface area contributed by atoms with Crippen LogP contribution in [0, 0.1) is 12.3 Å². The largest absolute Gasteiger partial charge is 0.305 e. The quantitative estimate of drug-likeness (QED) is 0.340. The number of amides is 1. The van der Waals surface area contributed by atoms with E-state index in [0.29, 0.717) is 29.9 Å². The third-order valence-electron chi connectivity index (χ3n) is 5.93. The highest BCUT2D eigenvalue weighted by Gasteiger charge is 2.28. The first-order chi connectivity index (χ1) is 16.9. The molecule has 0 spiro atoms. The van der Waals surface area contributed by atoms with Crippen molar-refractivity contribution in [3.8, 4) is 12.3 Å². The molecule has 0 saturated carbocycles. The van der Waals surface area contributed by atoms with Crippen molar-refractivity contribution in [3.05, 3.63) is 92.7 Å². The van der Waals surface area contributed by atoms with Gasteiger partial charge in [-0.25, -0.2) is 8.42 Å². The van der Waals surface area contributed by atoms with Gasteiger partial charge in [0.05, 0.1) is 21.7 Å². The van der Waals surface area contributed by atoms with Crippen LogP contribution in [0.1, 0.15) is 21.5 Å². The normalized spacial score (nSPS) is 14.6. The highest BCUT2D eigenvalue weighted by atomic mass is 79.9. The van der Waals surface area contributed by atoms with Gasteiger partial charge in [-0.05, 0) is 60.0 Å². The summed E-state index contributed by atoms with van der Waals surface area (Å²) in [6.45, 7) is 1.04. The number of terminal acetylenes is 1. The zero-order valence-corrected chi connectivity index (χ0v) is 21.7. The maximum atomic E-state index is 13.2. The Morgan fingerprint density at radius 2 is 1.83 bits per heavy atom. The number of aromatic nitrogens is 1. The van der Waals surface area contributed by atoms with Crippen molar-refractivity contribution in [2.24, 2.45) is 4.99 Å². The number of hydrogen-bond donors (Lipinski definition) is 0. The van der Waals surface area contributed by atoms with Crippen molar-refractivity contribution in [2.75, 3.05) is 6.54 Å². The summed E-state index contributed by atoms with van der Waals surface area (Å²) >= 11 is 4.83. The van der Waals surface area contributed by atoms with E-state index in [1.807, 2.05) is 47.0 Å². The average Bonchev–Trinajstić information content (AvgIpc) is 3.19. The highest BCUT2D eigenvalue weighted by molar-refractivity contribution is 9.10. The van der Waals surface area contributed by atoms with Gasteiger partial charge in [0, 0.05) is 23.1 Å². The van der Waals surface area contributed by atoms with Gasteiger partial charge in [-0.2, -0.15) is 9.30 Å². The summed E-state index contributed by atoms with van der Waals surface area (Å²) in [6, 6.07) is 19.6. The summed E-state index contributed by atoms with van der Waals surface area (Å²) in [5, 5.41) is 0. The molecule has 0 aliphatic carbocycles. The number of thiazole rings is 1. The molecule has 0 fully saturated rings. The zero-order valence-electron chi connectivity index (χ0n) is 18.5. The van der Waals surface area contributed by atoms with Crippen LogP contribution in [0.2, 0.25) is 0 Å². The maximum Gasteiger partial charge on any atom is 0.279 e. The molecule has 5 rings (SSSR count). The average molecular weight is 567 g/mol. The van der Waals surface area contributed by atoms with Crippen LogP contribution in [-0.2, 0) is 29.5 Å². The minimum absolute atomic E-state index is 0.155. The summed E-state index contributed by atoms with van der Waals surface area (Å²) in [4.78, 5) is 17.9. The number of fused-ring (bicyclic) bond motifs is 2. The topological polar surface area (TPSA) is 71.7 Å². The van der Waals surface area contributed by atoms with Crippen molar-refractivity contribution in [1.29, 1.82) is 0 Å². The third kappa shape index (κ3) is 4.62. The minimum Gasteiger partial charge on any atom is -0.305 e. The van der Waals surface area contributed by atoms with Gasteiger partial charge in [-0.1, -0.05) is 57.5 Å². The van der Waals surface area contributed by atoms with Gasteiger partial charge >= 0.3 is 0 Å². The zero-order chi connectivity index (χ0) is 24.6. The lowest BCUT2D eigenvalue weighted by Gasteiger charge is -2.28. The van der Waals surface area contributed by atoms with Crippen LogP contribution in [0.4, 0.5) is 0 Å². The fraction of sp³-hybridized carbons (Fsp3) is 0.154. The van der Waals surface area contributed by atoms with Crippen LogP contribution in [0.15, 0.2) is 81.1 Å². The molecule has 0 saturated heterocycles. The molecule has 2 heterocycles. The van der Waals surface area contributed by atoms with E-state index in [9.17, 15) is 13.2 Å². The molecule has 1 amide bonds. The van der Waals surface area contributed by atoms with Gasteiger partial charge in [0.25, 0.3) is 5.91 Å². The molecule has 0 N–H and O–H groups in total. The van der Waals surface area contributed by atoms with Gasteiger partial charge in [-0.3, -0.25) is 4.79 Å². The fourth-order valence-corrected chi connectivity index (χ4v) is 7.12. The molecule has 0 radical (unpaired) electrons. The van der Waals surface area contributed by atoms with Crippen molar-refractivity contribution < 1.29 is 13.2 Å². The lowest BCUT2D eigenvalue weighted by atomic mass is 10.0. The molecule has 9 heteroatoms. The van der Waals surface area contributed by atoms with E-state index < -0.39 is 15.9 Å². The van der Waals surface area contributed by atoms with Gasteiger partial charge in [0.15, 0.2) is 4.80 Å². The predicted octanol–water partition coefficient (Wildman–Crippen LogP) is 4.59. The molecule has 3 aromatic carbocycles. The molecular weight excluding hydrogens is 546 g/mol. The minimum atomic E-state index is -3.68. The van der Waals surface area contributed by atoms with Crippen LogP contribution in [0.3, 0.4) is 0 Å². The van der Waals surface area contributed by atoms with Crippen LogP contribution in [0.5, 0.6) is 0 Å². The van der Waals surface area contributed by atoms with Crippen molar-refractivity contribution >= 4 is 53.4 Å². The Morgan fingerprint density at radius 1 is 1.09 bits per heavy atom. The van der Waals surface area contributed by atoms with Crippen LogP contribution in [-0.4, -0.2) is 29.7 Å². The number of sulfonamides is 1. The smallest absolute Gasteiger partial charge is 0.279 e. The monoisotopic (exact) mass is 565 g/mol. The number of rotatable bonds is 4. The van der Waals surface area contributed by atoms with Crippen molar-refractivity contribution in [3.63, 3.8) is 0 Å². The lowest BCUT2D eigenvalue weighted by molar-refractivity contribution is 0.0998. The molecule has 1 aliphatic heterocycles. The summed E-state index contributed by atoms with van der Waals surface area (Å²) < 4.78 is 31.6. The summed E-state index contributed by atoms with van der Waals surface area (Å²) in [5.74, 6) is 2.15. The van der Waals surface area contributed by atoms with Crippen LogP contribution >= 0.6 is 27.3 Å². The van der Waals surface area contributed by atoms with E-state index in [-0.39, 0.29) is 11.4 Å². The molecule has 6 nitrogen and oxygen atoms in total. The lowest BCUT2D eigenvalue weighted by Crippen LogP contribution is -2.35. The number of carbonyl (C=O) groups is 1. The van der Waals surface area contributed by atoms with E-state index in [4.69, 9.17) is 6.42 Å². The van der Waals surface area contributed by atoms with E-state index in [2.05, 4.69) is 26.8 Å². The molecule has 0 unspecified atom stereocenters. The van der Waals surface area contributed by atoms with E-state index >= 15 is 0 Å². The highest BCUT2D eigenvalue weighted by Crippen LogP contribution is 2.25. The Hall–Kier alpha value is -3.03. The first kappa shape index (κ1) is 23.7. The molecular formula is C26H20BrN3O3S2. The number of halogens is 1. The third-order valence-corrected chi connectivity index (χ3v) is 9.32. The first-order valence-electron chi connectivity index (χ1n) is 10.9. The van der Waals surface area contributed by atoms with Crippen LogP contribution in [0.25, 0.3) is 10.2 Å². The summed E-state index contributed by atoms with van der Waals surface area (Å²) in [7, 11) is -3.68. The molecule has 176 valence electrons. The number of hydrogen-bond acceptors (Lipinski definition) is 4. The first-order valence-corrected chi connectivity index (χ1v) is 13.9. The van der Waals surface area contributed by atoms with E-state index in [1.54, 1.807) is 0 Å². The summed E-state index contributed by atoms with van der Waals surface area (Å²) in [6.07, 6.45) is 6.21. The molecule has 4 aromatic rings. The number of carbonyl (C=O) groups excluding carboxylic acids is 1. The van der Waals surface area contributed by atoms with Gasteiger partial charge in [0.2, 0.25) is 10.0 Å². The number of nitrogens with zero attached hydrogens (tertiary/aromatic N) is 3. The standard InChI is InChI=1S/C26H20BrN3O3S2/c1-2-14-30-23-12-9-21(27)16-24(23)34-26(30)28-25(31)19-7-10-22(11-8-19)35(32,33)29-15-13-18-5-3-4-6-20(18)17-29/h1,3-12,16H,13-15,17H2. The molecule has 35 heavy (non-hydrogen) atoms. The SMILES string of the molecule is C#CCn1c(=NC(=O)c2ccc(S(=O)(=O)N3CCc4ccccc4C3)cc2)sc2cc(Br)ccc21. The van der Waals surface area contributed by atoms with E-state index in [1.165, 1.54) is 45.5 Å².